The monoisotopic (exact) mass is 144 g/mol. The van der Waals surface area contributed by atoms with Crippen LogP contribution in [0.4, 0.5) is 0 Å². The predicted octanol–water partition coefficient (Wildman–Crippen LogP) is 0.313. The molecule has 1 fully saturated rings. The summed E-state index contributed by atoms with van der Waals surface area (Å²) in [7, 11) is 0. The van der Waals surface area contributed by atoms with Crippen LogP contribution in [0.25, 0.3) is 0 Å². The van der Waals surface area contributed by atoms with Gasteiger partial charge in [0.15, 0.2) is 0 Å². The molecule has 6 heteroatoms. The molecule has 1 aliphatic rings. The summed E-state index contributed by atoms with van der Waals surface area (Å²) in [5.74, 6) is 0. The third kappa shape index (κ3) is 1.04. The number of rotatable bonds is 2. The van der Waals surface area contributed by atoms with Crippen molar-refractivity contribution in [2.24, 2.45) is 10.6 Å². The number of hydrogen-bond acceptors (Lipinski definition) is 4. The van der Waals surface area contributed by atoms with E-state index in [4.69, 9.17) is 0 Å². The summed E-state index contributed by atoms with van der Waals surface area (Å²) in [6.45, 7) is 2.51. The maximum Gasteiger partial charge on any atom is 0.130 e. The molecule has 0 saturated carbocycles. The standard InChI is InChI=1S/C4H8N4O2/c1-4-2-7(5-9)3-8(4)6-10/h4H,2-3H2,1H3. The van der Waals surface area contributed by atoms with Gasteiger partial charge in [-0.15, -0.1) is 9.81 Å². The highest BCUT2D eigenvalue weighted by Gasteiger charge is 2.26. The zero-order chi connectivity index (χ0) is 7.56. The molecule has 0 aromatic rings. The third-order valence-corrected chi connectivity index (χ3v) is 1.51. The Balaban J connectivity index is 2.51. The molecule has 1 atom stereocenters. The smallest absolute Gasteiger partial charge is 0.130 e. The summed E-state index contributed by atoms with van der Waals surface area (Å²) in [4.78, 5) is 19.9. The zero-order valence-electron chi connectivity index (χ0n) is 5.60. The molecule has 0 amide bonds. The van der Waals surface area contributed by atoms with E-state index in [1.165, 1.54) is 10.0 Å². The van der Waals surface area contributed by atoms with Crippen molar-refractivity contribution in [2.45, 2.75) is 13.0 Å². The van der Waals surface area contributed by atoms with Crippen molar-refractivity contribution in [3.05, 3.63) is 9.81 Å². The molecule has 0 aliphatic carbocycles. The van der Waals surface area contributed by atoms with Crippen LogP contribution in [-0.4, -0.2) is 29.3 Å². The van der Waals surface area contributed by atoms with Crippen molar-refractivity contribution in [1.29, 1.82) is 0 Å². The Morgan fingerprint density at radius 1 is 1.40 bits per heavy atom. The largest absolute Gasteiger partial charge is 0.237 e. The number of hydrogen-bond donors (Lipinski definition) is 0. The van der Waals surface area contributed by atoms with Crippen LogP contribution < -0.4 is 0 Å². The quantitative estimate of drug-likeness (QED) is 0.523. The highest BCUT2D eigenvalue weighted by atomic mass is 16.3. The van der Waals surface area contributed by atoms with Crippen molar-refractivity contribution in [3.63, 3.8) is 0 Å². The Hall–Kier alpha value is -1.20. The van der Waals surface area contributed by atoms with E-state index in [1.54, 1.807) is 0 Å². The molecule has 1 unspecified atom stereocenters. The lowest BCUT2D eigenvalue weighted by Crippen LogP contribution is -2.21. The fourth-order valence-corrected chi connectivity index (χ4v) is 0.929. The molecule has 0 aromatic heterocycles. The Bertz CT molecular complexity index is 150. The van der Waals surface area contributed by atoms with Gasteiger partial charge >= 0.3 is 0 Å². The third-order valence-electron chi connectivity index (χ3n) is 1.51. The van der Waals surface area contributed by atoms with Crippen molar-refractivity contribution >= 4 is 0 Å². The minimum Gasteiger partial charge on any atom is -0.237 e. The van der Waals surface area contributed by atoms with Crippen LogP contribution in [0.5, 0.6) is 0 Å². The number of nitroso groups, excluding NO2 is 2. The van der Waals surface area contributed by atoms with Gasteiger partial charge in [-0.1, -0.05) is 0 Å². The molecule has 0 bridgehead atoms. The first-order valence-electron chi connectivity index (χ1n) is 2.96. The van der Waals surface area contributed by atoms with E-state index in [0.717, 1.165) is 0 Å². The van der Waals surface area contributed by atoms with Gasteiger partial charge in [-0.05, 0) is 6.92 Å². The number of nitrogens with zero attached hydrogens (tertiary/aromatic N) is 4. The first kappa shape index (κ1) is 6.91. The summed E-state index contributed by atoms with van der Waals surface area (Å²) in [5, 5.41) is 7.92. The van der Waals surface area contributed by atoms with Gasteiger partial charge in [-0.2, -0.15) is 0 Å². The molecular weight excluding hydrogens is 136 g/mol. The molecule has 0 N–H and O–H groups in total. The molecule has 0 radical (unpaired) electrons. The fraction of sp³-hybridized carbons (Fsp3) is 1.00. The second-order valence-electron chi connectivity index (χ2n) is 2.28. The van der Waals surface area contributed by atoms with Crippen LogP contribution in [0.3, 0.4) is 0 Å². The minimum atomic E-state index is -0.00444. The van der Waals surface area contributed by atoms with E-state index >= 15 is 0 Å². The van der Waals surface area contributed by atoms with E-state index in [2.05, 4.69) is 10.6 Å². The maximum atomic E-state index is 9.98. The van der Waals surface area contributed by atoms with E-state index in [1.807, 2.05) is 6.92 Å². The van der Waals surface area contributed by atoms with E-state index in [-0.39, 0.29) is 12.7 Å². The van der Waals surface area contributed by atoms with Crippen LogP contribution in [-0.2, 0) is 0 Å². The summed E-state index contributed by atoms with van der Waals surface area (Å²) in [6, 6.07) is -0.00444. The van der Waals surface area contributed by atoms with Gasteiger partial charge in [0.1, 0.15) is 6.67 Å². The molecule has 10 heavy (non-hydrogen) atoms. The zero-order valence-corrected chi connectivity index (χ0v) is 5.60. The first-order valence-corrected chi connectivity index (χ1v) is 2.96. The Morgan fingerprint density at radius 2 is 2.10 bits per heavy atom. The van der Waals surface area contributed by atoms with Crippen LogP contribution in [0.1, 0.15) is 6.92 Å². The summed E-state index contributed by atoms with van der Waals surface area (Å²) in [6.07, 6.45) is 0. The van der Waals surface area contributed by atoms with Gasteiger partial charge in [-0.25, -0.2) is 10.0 Å². The van der Waals surface area contributed by atoms with Gasteiger partial charge < -0.3 is 0 Å². The van der Waals surface area contributed by atoms with E-state index in [0.29, 0.717) is 6.54 Å². The van der Waals surface area contributed by atoms with Crippen LogP contribution in [0.2, 0.25) is 0 Å². The van der Waals surface area contributed by atoms with Crippen molar-refractivity contribution < 1.29 is 0 Å². The van der Waals surface area contributed by atoms with Gasteiger partial charge in [0, 0.05) is 0 Å². The fourth-order valence-electron chi connectivity index (χ4n) is 0.929. The van der Waals surface area contributed by atoms with E-state index < -0.39 is 0 Å². The van der Waals surface area contributed by atoms with Gasteiger partial charge in [0.25, 0.3) is 0 Å². The van der Waals surface area contributed by atoms with Crippen LogP contribution >= 0.6 is 0 Å². The SMILES string of the molecule is CC1CN(N=O)CN1N=O. The highest BCUT2D eigenvalue weighted by Crippen LogP contribution is 2.11. The molecule has 1 aliphatic heterocycles. The first-order chi connectivity index (χ1) is 4.77. The van der Waals surface area contributed by atoms with Gasteiger partial charge in [0.05, 0.1) is 23.2 Å². The Labute approximate surface area is 57.7 Å². The average Bonchev–Trinajstić information content (AvgIpc) is 2.30. The lowest BCUT2D eigenvalue weighted by Gasteiger charge is -2.08. The molecule has 1 saturated heterocycles. The molecule has 0 spiro atoms. The summed E-state index contributed by atoms with van der Waals surface area (Å²) < 4.78 is 0. The van der Waals surface area contributed by atoms with E-state index in [9.17, 15) is 9.81 Å². The topological polar surface area (TPSA) is 65.3 Å². The van der Waals surface area contributed by atoms with Crippen molar-refractivity contribution in [3.8, 4) is 0 Å². The van der Waals surface area contributed by atoms with Gasteiger partial charge in [-0.3, -0.25) is 0 Å². The maximum absolute atomic E-state index is 9.98. The summed E-state index contributed by atoms with van der Waals surface area (Å²) in [5.41, 5.74) is 0. The molecule has 1 rings (SSSR count). The lowest BCUT2D eigenvalue weighted by atomic mass is 10.4. The molecule has 1 heterocycles. The normalized spacial score (nSPS) is 25.1. The van der Waals surface area contributed by atoms with Crippen LogP contribution in [0.15, 0.2) is 10.6 Å². The Kier molecular flexibility index (Phi) is 1.79. The summed E-state index contributed by atoms with van der Waals surface area (Å²) >= 11 is 0. The molecule has 56 valence electrons. The second kappa shape index (κ2) is 2.59. The average molecular weight is 144 g/mol. The molecule has 6 nitrogen and oxygen atoms in total. The predicted molar refractivity (Wildman–Crippen MR) is 34.5 cm³/mol. The second-order valence-corrected chi connectivity index (χ2v) is 2.28. The molecular formula is C4H8N4O2. The lowest BCUT2D eigenvalue weighted by molar-refractivity contribution is 0.236. The minimum absolute atomic E-state index is 0.00444. The van der Waals surface area contributed by atoms with Crippen molar-refractivity contribution in [1.82, 2.24) is 10.0 Å². The van der Waals surface area contributed by atoms with Crippen LogP contribution in [0, 0.1) is 9.81 Å². The van der Waals surface area contributed by atoms with Gasteiger partial charge in [0.2, 0.25) is 0 Å². The molecule has 0 aromatic carbocycles. The van der Waals surface area contributed by atoms with Crippen molar-refractivity contribution in [2.75, 3.05) is 13.2 Å². The Morgan fingerprint density at radius 3 is 2.40 bits per heavy atom. The highest BCUT2D eigenvalue weighted by molar-refractivity contribution is 4.73.